The van der Waals surface area contributed by atoms with E-state index in [1.165, 1.54) is 30.4 Å². The van der Waals surface area contributed by atoms with Crippen molar-refractivity contribution in [1.29, 1.82) is 0 Å². The zero-order valence-electron chi connectivity index (χ0n) is 45.3. The number of aromatic nitrogens is 2. The summed E-state index contributed by atoms with van der Waals surface area (Å²) in [6, 6.07) is 3.14. The number of phenolic OH excluding ortho intramolecular Hbond substituents is 1. The number of aromatic hydroxyl groups is 1. The summed E-state index contributed by atoms with van der Waals surface area (Å²) < 4.78 is 38.5. The fraction of sp³-hybridized carbons (Fsp3) is 0.451. The van der Waals surface area contributed by atoms with Crippen molar-refractivity contribution in [2.75, 3.05) is 19.6 Å². The summed E-state index contributed by atoms with van der Waals surface area (Å²) in [4.78, 5) is 114. The Kier molecular flexibility index (Phi) is 22.1. The van der Waals surface area contributed by atoms with Crippen LogP contribution in [0.4, 0.5) is 0 Å². The number of aliphatic hydroxyl groups excluding tert-OH is 7. The van der Waals surface area contributed by atoms with Gasteiger partial charge in [-0.1, -0.05) is 66.3 Å². The third-order valence-electron chi connectivity index (χ3n) is 14.1. The van der Waals surface area contributed by atoms with Gasteiger partial charge in [0.15, 0.2) is 11.5 Å². The van der Waals surface area contributed by atoms with Gasteiger partial charge >= 0.3 is 29.6 Å². The van der Waals surface area contributed by atoms with Gasteiger partial charge in [0.05, 0.1) is 36.9 Å². The Balaban J connectivity index is 0.0000113. The van der Waals surface area contributed by atoms with Crippen molar-refractivity contribution in [2.45, 2.75) is 119 Å². The second-order valence-electron chi connectivity index (χ2n) is 20.4. The second-order valence-corrected chi connectivity index (χ2v) is 22.4. The molecule has 0 aliphatic carbocycles. The number of hydrogen-bond acceptors (Lipinski definition) is 23. The first-order chi connectivity index (χ1) is 39.0. The molecule has 84 heavy (non-hydrogen) atoms. The summed E-state index contributed by atoms with van der Waals surface area (Å²) in [6.45, 7) is 2.48. The van der Waals surface area contributed by atoms with Gasteiger partial charge in [-0.05, 0) is 43.7 Å². The molecule has 14 unspecified atom stereocenters. The van der Waals surface area contributed by atoms with Crippen LogP contribution in [0.1, 0.15) is 60.7 Å². The van der Waals surface area contributed by atoms with E-state index in [0.29, 0.717) is 37.5 Å². The molecule has 14 atom stereocenters. The number of primary amides is 1. The van der Waals surface area contributed by atoms with Gasteiger partial charge in [0.25, 0.3) is 16.3 Å². The molecule has 4 aromatic rings. The van der Waals surface area contributed by atoms with Gasteiger partial charge < -0.3 is 91.7 Å². The molecule has 3 aliphatic rings. The Bertz CT molecular complexity index is 3210. The van der Waals surface area contributed by atoms with E-state index < -0.39 is 199 Å². The normalized spacial score (nSPS) is 26.3. The van der Waals surface area contributed by atoms with Crippen LogP contribution in [0.25, 0.3) is 21.1 Å². The quantitative estimate of drug-likeness (QED) is 0.0336. The first-order valence-corrected chi connectivity index (χ1v) is 27.8. The third-order valence-corrected chi connectivity index (χ3v) is 15.5. The van der Waals surface area contributed by atoms with Crippen molar-refractivity contribution < 1.29 is 126 Å². The Labute approximate surface area is 505 Å². The monoisotopic (exact) mass is 1220 g/mol. The molecule has 8 amide bonds. The molecule has 0 spiro atoms. The average molecular weight is 1220 g/mol. The zero-order valence-corrected chi connectivity index (χ0v) is 49.0. The van der Waals surface area contributed by atoms with Crippen molar-refractivity contribution in [1.82, 2.24) is 46.6 Å². The van der Waals surface area contributed by atoms with E-state index in [2.05, 4.69) is 41.0 Å². The molecule has 0 saturated carbocycles. The zero-order chi connectivity index (χ0) is 60.9. The topological polar surface area (TPSA) is 483 Å². The number of rotatable bonds is 13. The number of nitrogens with one attached hydrogen (secondary N) is 5. The second kappa shape index (κ2) is 27.9. The predicted octanol–water partition coefficient (Wildman–Crippen LogP) is -7.96. The predicted molar refractivity (Wildman–Crippen MR) is 284 cm³/mol. The third kappa shape index (κ3) is 15.9. The van der Waals surface area contributed by atoms with Crippen LogP contribution < -0.4 is 66.1 Å². The number of nitrogens with two attached hydrogens (primary N) is 1. The number of nitrogens with zero attached hydrogens (tertiary/aromatic N) is 4. The van der Waals surface area contributed by atoms with E-state index in [1.807, 2.05) is 31.2 Å². The molecule has 3 fully saturated rings. The number of amides is 8. The van der Waals surface area contributed by atoms with Gasteiger partial charge in [0.1, 0.15) is 58.5 Å². The maximum atomic E-state index is 14.6. The average Bonchev–Trinajstić information content (AvgIpc) is 4.34. The van der Waals surface area contributed by atoms with E-state index in [-0.39, 0.29) is 35.1 Å². The first-order valence-electron chi connectivity index (χ1n) is 25.7. The molecule has 7 rings (SSSR count). The van der Waals surface area contributed by atoms with Crippen molar-refractivity contribution in [3.8, 4) is 32.6 Å². The summed E-state index contributed by atoms with van der Waals surface area (Å²) in [5, 5.41) is 111. The number of β-amino-alcohol motifs (C(OH)–C–C–N with tert-alkyl or cyclic N) is 1. The van der Waals surface area contributed by atoms with Crippen LogP contribution in [0.3, 0.4) is 0 Å². The first kappa shape index (κ1) is 66.4. The number of carbonyl (C=O) groups excluding carboxylic acids is 8. The molecule has 15 N–H and O–H groups in total. The fourth-order valence-electron chi connectivity index (χ4n) is 9.64. The number of benzene rings is 3. The van der Waals surface area contributed by atoms with Crippen molar-refractivity contribution in [2.24, 2.45) is 11.7 Å². The number of aliphatic hydroxyl groups is 7. The molecule has 3 aliphatic heterocycles. The van der Waals surface area contributed by atoms with E-state index in [9.17, 15) is 92.2 Å². The van der Waals surface area contributed by atoms with Crippen molar-refractivity contribution in [3.63, 3.8) is 0 Å². The van der Waals surface area contributed by atoms with Gasteiger partial charge in [-0.2, -0.15) is 0 Å². The van der Waals surface area contributed by atoms with Crippen LogP contribution in [0.5, 0.6) is 11.5 Å². The largest absolute Gasteiger partial charge is 1.00 e. The Hall–Kier alpha value is -6.79. The number of fused-ring (bicyclic) bond motifs is 2. The Morgan fingerprint density at radius 3 is 1.98 bits per heavy atom. The smallest absolute Gasteiger partial charge is 0.716 e. The molecule has 33 heteroatoms. The molecule has 30 nitrogen and oxygen atoms in total. The van der Waals surface area contributed by atoms with E-state index in [0.717, 1.165) is 24.1 Å². The van der Waals surface area contributed by atoms with E-state index >= 15 is 0 Å². The van der Waals surface area contributed by atoms with E-state index in [1.54, 1.807) is 12.1 Å². The van der Waals surface area contributed by atoms with Crippen LogP contribution in [-0.2, 0) is 44.0 Å². The maximum absolute atomic E-state index is 14.6. The molecule has 3 saturated heterocycles. The van der Waals surface area contributed by atoms with E-state index in [4.69, 9.17) is 5.73 Å². The van der Waals surface area contributed by atoms with Crippen LogP contribution in [0.2, 0.25) is 0 Å². The van der Waals surface area contributed by atoms with Crippen molar-refractivity contribution >= 4 is 69.0 Å². The van der Waals surface area contributed by atoms with Gasteiger partial charge in [-0.3, -0.25) is 38.4 Å². The maximum Gasteiger partial charge on any atom is 1.00 e. The van der Waals surface area contributed by atoms with Crippen LogP contribution >= 0.6 is 11.3 Å². The number of hydrogen-bond donors (Lipinski definition) is 14. The summed E-state index contributed by atoms with van der Waals surface area (Å²) in [5.41, 5.74) is 7.17. The minimum absolute atomic E-state index is 0. The molecule has 4 heterocycles. The Morgan fingerprint density at radius 2 is 1.38 bits per heavy atom. The van der Waals surface area contributed by atoms with Crippen molar-refractivity contribution in [3.05, 3.63) is 83.4 Å². The molecule has 1 aromatic heterocycles. The van der Waals surface area contributed by atoms with Gasteiger partial charge in [-0.15, -0.1) is 10.2 Å². The summed E-state index contributed by atoms with van der Waals surface area (Å²) >= 11 is 1.28. The Morgan fingerprint density at radius 1 is 0.798 bits per heavy atom. The molecular formula is C51H61N10NaO20S2. The van der Waals surface area contributed by atoms with Gasteiger partial charge in [0.2, 0.25) is 41.4 Å². The molecule has 0 bridgehead atoms. The minimum atomic E-state index is -5.58. The number of phenols is 1. The number of carbonyl (C=O) groups is 8. The summed E-state index contributed by atoms with van der Waals surface area (Å²) in [7, 11) is -5.58. The number of aryl methyl sites for hydroxylation is 1. The molecule has 448 valence electrons. The molecular weight excluding hydrogens is 1160 g/mol. The van der Waals surface area contributed by atoms with Gasteiger partial charge in [-0.25, -0.2) is 8.42 Å². The van der Waals surface area contributed by atoms with Crippen LogP contribution in [-0.4, -0.2) is 214 Å². The fourth-order valence-corrected chi connectivity index (χ4v) is 10.8. The van der Waals surface area contributed by atoms with Crippen LogP contribution in [0, 0.1) is 12.8 Å². The SMILES string of the molecule is Cc1ccc(-c2nnc(-c3ccc(C(=O)NC4CC(O)CNC(=O)C5C(O)C(C)CN5C(=O)C(C(O)CC(N)=O)NC(=O)C(C(O)C(O)c5ccc(O)c(OS(=O)(=O)[O-])c5)NC(=O)C5CC(O)CN5C(=O)C(C(C)O)NC4=O)cc3)s2)cc1.[Na+]. The summed E-state index contributed by atoms with van der Waals surface area (Å²) in [5.74, 6) is -13.2. The molecule has 0 radical (unpaired) electrons. The van der Waals surface area contributed by atoms with Gasteiger partial charge in [0, 0.05) is 55.1 Å². The summed E-state index contributed by atoms with van der Waals surface area (Å²) in [6.07, 6.45) is -16.7. The standard InChI is InChI=1S/C51H62N10O20S2.Na/c1-21-4-6-25(7-5-21)48-58-59-49(82-48)26-10-8-24(9-11-26)43(71)54-30-15-28(63)18-53-47(75)39-40(68)22(2)19-61(39)51(77)37(33(66)17-35(52)67)56-46(74)38(42(70)41(69)27-12-13-32(65)34(14-27)81-83(78,79)80)57-45(73)31-16-29(64)20-60(31)50(76)36(23(3)62)55-44(30)72;/h4-14,22-23,28-31,33,36-42,62-66,68-70H,15-20H2,1-3H3,(H2,52,67)(H,53,75)(H,54,71)(H,55,72)(H,56,74)(H,57,73)(H,78,79,80);/q;+1/p-1. The minimum Gasteiger partial charge on any atom is -0.716 e. The van der Waals surface area contributed by atoms with Crippen LogP contribution in [0.15, 0.2) is 66.7 Å². The molecule has 3 aromatic carbocycles.